The van der Waals surface area contributed by atoms with Gasteiger partial charge in [0.2, 0.25) is 0 Å². The minimum absolute atomic E-state index is 0.118. The van der Waals surface area contributed by atoms with Crippen LogP contribution in [0.3, 0.4) is 0 Å². The lowest BCUT2D eigenvalue weighted by atomic mass is 10.0. The van der Waals surface area contributed by atoms with Gasteiger partial charge in [-0.25, -0.2) is 0 Å². The molecule has 0 saturated heterocycles. The Morgan fingerprint density at radius 2 is 0.886 bits per heavy atom. The smallest absolute Gasteiger partial charge is 0.135 e. The molecule has 8 aromatic rings. The number of anilines is 3. The molecular weight excluding hydrogens is 534 g/mol. The van der Waals surface area contributed by atoms with Crippen LogP contribution in [0.5, 0.6) is 0 Å². The number of hydrogen-bond acceptors (Lipinski definition) is 2. The molecule has 0 radical (unpaired) electrons. The first kappa shape index (κ1) is 18.6. The summed E-state index contributed by atoms with van der Waals surface area (Å²) in [6, 6.07) is 35.5. The van der Waals surface area contributed by atoms with Gasteiger partial charge in [0.25, 0.3) is 0 Å². The highest BCUT2D eigenvalue weighted by molar-refractivity contribution is 6.06. The summed E-state index contributed by atoms with van der Waals surface area (Å²) in [5, 5.41) is 1.88. The van der Waals surface area contributed by atoms with Crippen LogP contribution >= 0.6 is 0 Å². The standard InChI is InChI=1S/C42H29NO/c1-3-10-30(11-4-1)32-18-23-36(24-19-32)43(37-25-20-33(21-26-37)31-12-5-2-6-13-31)38-15-9-14-34(28-38)35-22-27-42-40(29-35)39-16-7-8-17-41(39)44-42/h1-29H/i18D,19D,20D,21D,23D,24D,25D,26D. The number of para-hydroxylation sites is 1. The lowest BCUT2D eigenvalue weighted by Gasteiger charge is -2.26. The molecule has 208 valence electrons. The van der Waals surface area contributed by atoms with Crippen molar-refractivity contribution in [2.75, 3.05) is 4.90 Å². The fourth-order valence-electron chi connectivity index (χ4n) is 5.43. The summed E-state index contributed by atoms with van der Waals surface area (Å²) in [5.74, 6) is 0. The second kappa shape index (κ2) is 11.1. The number of furan rings is 1. The summed E-state index contributed by atoms with van der Waals surface area (Å²) < 4.78 is 79.5. The molecule has 0 aliphatic carbocycles. The highest BCUT2D eigenvalue weighted by Gasteiger charge is 2.15. The molecule has 2 nitrogen and oxygen atoms in total. The van der Waals surface area contributed by atoms with E-state index in [4.69, 9.17) is 9.90 Å². The van der Waals surface area contributed by atoms with E-state index in [2.05, 4.69) is 0 Å². The molecule has 44 heavy (non-hydrogen) atoms. The largest absolute Gasteiger partial charge is 0.456 e. The second-order valence-electron chi connectivity index (χ2n) is 10.4. The maximum atomic E-state index is 9.29. The average molecular weight is 572 g/mol. The third-order valence-corrected chi connectivity index (χ3v) is 7.61. The molecule has 1 aromatic heterocycles. The highest BCUT2D eigenvalue weighted by atomic mass is 16.3. The van der Waals surface area contributed by atoms with Crippen LogP contribution < -0.4 is 4.90 Å². The highest BCUT2D eigenvalue weighted by Crippen LogP contribution is 2.39. The zero-order chi connectivity index (χ0) is 36.3. The van der Waals surface area contributed by atoms with E-state index in [0.717, 1.165) is 33.1 Å². The Balaban J connectivity index is 1.39. The van der Waals surface area contributed by atoms with Crippen LogP contribution in [-0.2, 0) is 0 Å². The number of hydrogen-bond donors (Lipinski definition) is 0. The van der Waals surface area contributed by atoms with Gasteiger partial charge in [-0.3, -0.25) is 0 Å². The van der Waals surface area contributed by atoms with Gasteiger partial charge in [-0.05, 0) is 87.9 Å². The molecule has 8 rings (SSSR count). The first-order valence-electron chi connectivity index (χ1n) is 18.3. The topological polar surface area (TPSA) is 16.4 Å². The molecule has 0 aliphatic heterocycles. The van der Waals surface area contributed by atoms with Gasteiger partial charge in [-0.1, -0.05) is 121 Å². The molecule has 0 N–H and O–H groups in total. The molecule has 0 fully saturated rings. The monoisotopic (exact) mass is 571 g/mol. The molecule has 0 atom stereocenters. The summed E-state index contributed by atoms with van der Waals surface area (Å²) in [5.41, 5.74) is 4.26. The van der Waals surface area contributed by atoms with Crippen LogP contribution in [0.2, 0.25) is 0 Å². The quantitative estimate of drug-likeness (QED) is 0.197. The van der Waals surface area contributed by atoms with Crippen molar-refractivity contribution in [1.82, 2.24) is 0 Å². The van der Waals surface area contributed by atoms with Gasteiger partial charge in [0.15, 0.2) is 0 Å². The molecule has 0 aliphatic rings. The van der Waals surface area contributed by atoms with Crippen LogP contribution in [-0.4, -0.2) is 0 Å². The zero-order valence-electron chi connectivity index (χ0n) is 31.5. The van der Waals surface area contributed by atoms with E-state index >= 15 is 0 Å². The molecule has 7 aromatic carbocycles. The molecule has 0 bridgehead atoms. The molecular formula is C42H29NO. The predicted octanol–water partition coefficient (Wildman–Crippen LogP) is 12.1. The third-order valence-electron chi connectivity index (χ3n) is 7.61. The van der Waals surface area contributed by atoms with Crippen molar-refractivity contribution in [3.8, 4) is 33.4 Å². The molecule has 2 heteroatoms. The Kier molecular flexibility index (Phi) is 4.70. The van der Waals surface area contributed by atoms with Crippen molar-refractivity contribution < 1.29 is 15.4 Å². The van der Waals surface area contributed by atoms with Crippen molar-refractivity contribution in [3.63, 3.8) is 0 Å². The van der Waals surface area contributed by atoms with Crippen LogP contribution in [0.15, 0.2) is 180 Å². The minimum Gasteiger partial charge on any atom is -0.456 e. The Morgan fingerprint density at radius 1 is 0.364 bits per heavy atom. The summed E-state index contributed by atoms with van der Waals surface area (Å²) in [6.07, 6.45) is 0. The Hall–Kier alpha value is -5.86. The van der Waals surface area contributed by atoms with Crippen LogP contribution in [0, 0.1) is 0 Å². The number of nitrogens with zero attached hydrogens (tertiary/aromatic N) is 1. The predicted molar refractivity (Wildman–Crippen MR) is 185 cm³/mol. The van der Waals surface area contributed by atoms with E-state index in [0.29, 0.717) is 16.8 Å². The van der Waals surface area contributed by atoms with Crippen molar-refractivity contribution >= 4 is 39.0 Å². The van der Waals surface area contributed by atoms with Crippen molar-refractivity contribution in [3.05, 3.63) is 176 Å². The van der Waals surface area contributed by atoms with Gasteiger partial charge in [0.05, 0.1) is 11.0 Å². The van der Waals surface area contributed by atoms with Gasteiger partial charge in [0.1, 0.15) is 11.2 Å². The maximum Gasteiger partial charge on any atom is 0.135 e. The normalized spacial score (nSPS) is 13.7. The van der Waals surface area contributed by atoms with Crippen molar-refractivity contribution in [2.24, 2.45) is 0 Å². The first-order valence-corrected chi connectivity index (χ1v) is 14.3. The summed E-state index contributed by atoms with van der Waals surface area (Å²) in [6.45, 7) is 0. The molecule has 1 heterocycles. The number of benzene rings is 7. The Labute approximate surface area is 268 Å². The number of rotatable bonds is 6. The zero-order valence-corrected chi connectivity index (χ0v) is 23.5. The van der Waals surface area contributed by atoms with E-state index in [1.165, 1.54) is 4.90 Å². The van der Waals surface area contributed by atoms with Gasteiger partial charge in [-0.15, -0.1) is 0 Å². The fraction of sp³-hybridized carbons (Fsp3) is 0. The lowest BCUT2D eigenvalue weighted by Crippen LogP contribution is -2.10. The van der Waals surface area contributed by atoms with Crippen LogP contribution in [0.25, 0.3) is 55.3 Å². The maximum absolute atomic E-state index is 9.29. The van der Waals surface area contributed by atoms with E-state index < -0.39 is 0 Å². The molecule has 0 amide bonds. The van der Waals surface area contributed by atoms with Gasteiger partial charge in [0, 0.05) is 27.8 Å². The molecule has 0 unspecified atom stereocenters. The van der Waals surface area contributed by atoms with Gasteiger partial charge >= 0.3 is 0 Å². The fourth-order valence-corrected chi connectivity index (χ4v) is 5.43. The van der Waals surface area contributed by atoms with Crippen LogP contribution in [0.1, 0.15) is 11.0 Å². The minimum atomic E-state index is -0.388. The Morgan fingerprint density at radius 3 is 1.52 bits per heavy atom. The summed E-state index contributed by atoms with van der Waals surface area (Å²) in [4.78, 5) is 1.33. The van der Waals surface area contributed by atoms with Gasteiger partial charge in [-0.2, -0.15) is 0 Å². The lowest BCUT2D eigenvalue weighted by molar-refractivity contribution is 0.669. The van der Waals surface area contributed by atoms with Crippen molar-refractivity contribution in [1.29, 1.82) is 0 Å². The average Bonchev–Trinajstić information content (AvgIpc) is 3.55. The second-order valence-corrected chi connectivity index (χ2v) is 10.4. The van der Waals surface area contributed by atoms with E-state index in [-0.39, 0.29) is 70.8 Å². The van der Waals surface area contributed by atoms with Crippen molar-refractivity contribution in [2.45, 2.75) is 0 Å². The molecule has 0 saturated carbocycles. The number of fused-ring (bicyclic) bond motifs is 3. The summed E-state index contributed by atoms with van der Waals surface area (Å²) >= 11 is 0. The van der Waals surface area contributed by atoms with Crippen LogP contribution in [0.4, 0.5) is 17.1 Å². The molecule has 0 spiro atoms. The SMILES string of the molecule is [2H]c1c([2H])c(N(c2cccc(-c3ccc4oc5ccccc5c4c3)c2)c2c([2H])c([2H])c(-c3ccccc3)c([2H])c2[2H])c([2H])c([2H])c1-c1ccccc1. The van der Waals surface area contributed by atoms with E-state index in [1.807, 2.05) is 48.5 Å². The van der Waals surface area contributed by atoms with E-state index in [1.54, 1.807) is 78.9 Å². The first-order chi connectivity index (χ1) is 25.2. The van der Waals surface area contributed by atoms with Gasteiger partial charge < -0.3 is 9.32 Å². The van der Waals surface area contributed by atoms with E-state index in [9.17, 15) is 5.48 Å². The Bertz CT molecular complexity index is 2510. The third kappa shape index (κ3) is 4.83. The summed E-state index contributed by atoms with van der Waals surface area (Å²) in [7, 11) is 0.